The molecule has 1 aromatic heterocycles. The molecule has 0 aliphatic carbocycles. The predicted molar refractivity (Wildman–Crippen MR) is 59.9 cm³/mol. The van der Waals surface area contributed by atoms with E-state index in [-0.39, 0.29) is 0 Å². The minimum Gasteiger partial charge on any atom is -0.383 e. The van der Waals surface area contributed by atoms with E-state index in [1.807, 2.05) is 12.1 Å². The van der Waals surface area contributed by atoms with E-state index in [4.69, 9.17) is 5.73 Å². The molecule has 3 nitrogen and oxygen atoms in total. The second-order valence-electron chi connectivity index (χ2n) is 3.64. The van der Waals surface area contributed by atoms with Gasteiger partial charge in [0.05, 0.1) is 0 Å². The third-order valence-electron chi connectivity index (χ3n) is 2.26. The summed E-state index contributed by atoms with van der Waals surface area (Å²) in [5.41, 5.74) is 6.88. The molecular weight excluding hydrogens is 174 g/mol. The lowest BCUT2D eigenvalue weighted by atomic mass is 10.2. The highest BCUT2D eigenvalue weighted by atomic mass is 15.1. The molecule has 0 spiro atoms. The zero-order valence-electron chi connectivity index (χ0n) is 9.03. The topological polar surface area (TPSA) is 42.2 Å². The van der Waals surface area contributed by atoms with E-state index >= 15 is 0 Å². The molecule has 1 aromatic rings. The molecule has 0 radical (unpaired) electrons. The molecule has 1 rings (SSSR count). The maximum absolute atomic E-state index is 5.76. The fourth-order valence-corrected chi connectivity index (χ4v) is 1.38. The fraction of sp³-hybridized carbons (Fsp3) is 0.545. The van der Waals surface area contributed by atoms with Gasteiger partial charge in [-0.2, -0.15) is 0 Å². The molecule has 0 saturated heterocycles. The van der Waals surface area contributed by atoms with E-state index in [0.717, 1.165) is 18.7 Å². The van der Waals surface area contributed by atoms with Gasteiger partial charge in [0, 0.05) is 18.3 Å². The first-order chi connectivity index (χ1) is 6.74. The van der Waals surface area contributed by atoms with E-state index < -0.39 is 0 Å². The largest absolute Gasteiger partial charge is 0.383 e. The van der Waals surface area contributed by atoms with Crippen molar-refractivity contribution in [2.75, 3.05) is 19.3 Å². The molecule has 0 unspecified atom stereocenters. The van der Waals surface area contributed by atoms with Crippen molar-refractivity contribution in [1.29, 1.82) is 0 Å². The molecule has 0 atom stereocenters. The third-order valence-corrected chi connectivity index (χ3v) is 2.26. The van der Waals surface area contributed by atoms with Gasteiger partial charge in [-0.05, 0) is 26.1 Å². The number of nitrogens with two attached hydrogens (primary N) is 1. The van der Waals surface area contributed by atoms with Crippen molar-refractivity contribution in [2.45, 2.75) is 26.3 Å². The van der Waals surface area contributed by atoms with Crippen LogP contribution in [0.15, 0.2) is 18.3 Å². The Morgan fingerprint density at radius 1 is 1.50 bits per heavy atom. The first kappa shape index (κ1) is 11.0. The second-order valence-corrected chi connectivity index (χ2v) is 3.64. The summed E-state index contributed by atoms with van der Waals surface area (Å²) in [5, 5.41) is 0. The van der Waals surface area contributed by atoms with Crippen molar-refractivity contribution < 1.29 is 0 Å². The van der Waals surface area contributed by atoms with Crippen LogP contribution in [0.25, 0.3) is 0 Å². The summed E-state index contributed by atoms with van der Waals surface area (Å²) in [6, 6.07) is 3.96. The van der Waals surface area contributed by atoms with E-state index in [1.54, 1.807) is 6.20 Å². The molecule has 0 aliphatic rings. The number of nitrogen functional groups attached to an aromatic ring is 1. The Kier molecular flexibility index (Phi) is 4.40. The van der Waals surface area contributed by atoms with Crippen molar-refractivity contribution in [3.8, 4) is 0 Å². The van der Waals surface area contributed by atoms with Crippen LogP contribution in [0.2, 0.25) is 0 Å². The highest BCUT2D eigenvalue weighted by Crippen LogP contribution is 2.09. The van der Waals surface area contributed by atoms with E-state index in [9.17, 15) is 0 Å². The number of anilines is 1. The van der Waals surface area contributed by atoms with Crippen molar-refractivity contribution in [3.63, 3.8) is 0 Å². The molecule has 14 heavy (non-hydrogen) atoms. The molecule has 0 aromatic carbocycles. The number of nitrogens with zero attached hydrogens (tertiary/aromatic N) is 2. The van der Waals surface area contributed by atoms with E-state index in [1.165, 1.54) is 12.8 Å². The number of pyridine rings is 1. The van der Waals surface area contributed by atoms with Gasteiger partial charge < -0.3 is 10.6 Å². The first-order valence-corrected chi connectivity index (χ1v) is 5.12. The van der Waals surface area contributed by atoms with Gasteiger partial charge in [0.25, 0.3) is 0 Å². The van der Waals surface area contributed by atoms with Gasteiger partial charge in [-0.1, -0.05) is 19.4 Å². The third kappa shape index (κ3) is 3.34. The summed E-state index contributed by atoms with van der Waals surface area (Å²) in [5.74, 6) is 0.649. The predicted octanol–water partition coefficient (Wildman–Crippen LogP) is 1.90. The quantitative estimate of drug-likeness (QED) is 0.776. The van der Waals surface area contributed by atoms with Crippen LogP contribution in [0.3, 0.4) is 0 Å². The lowest BCUT2D eigenvalue weighted by molar-refractivity contribution is 0.321. The highest BCUT2D eigenvalue weighted by molar-refractivity contribution is 5.38. The smallest absolute Gasteiger partial charge is 0.127 e. The van der Waals surface area contributed by atoms with E-state index in [2.05, 4.69) is 23.9 Å². The van der Waals surface area contributed by atoms with Crippen molar-refractivity contribution in [1.82, 2.24) is 9.88 Å². The van der Waals surface area contributed by atoms with Crippen molar-refractivity contribution in [3.05, 3.63) is 23.9 Å². The Bertz CT molecular complexity index is 273. The summed E-state index contributed by atoms with van der Waals surface area (Å²) in [7, 11) is 2.11. The molecule has 0 bridgehead atoms. The molecule has 0 saturated carbocycles. The van der Waals surface area contributed by atoms with Crippen molar-refractivity contribution >= 4 is 5.82 Å². The minimum absolute atomic E-state index is 0.649. The zero-order valence-corrected chi connectivity index (χ0v) is 9.03. The summed E-state index contributed by atoms with van der Waals surface area (Å²) in [6.07, 6.45) is 4.19. The Labute approximate surface area is 85.9 Å². The van der Waals surface area contributed by atoms with Crippen molar-refractivity contribution in [2.24, 2.45) is 0 Å². The van der Waals surface area contributed by atoms with Gasteiger partial charge in [0.1, 0.15) is 5.82 Å². The van der Waals surface area contributed by atoms with Crippen LogP contribution in [0, 0.1) is 0 Å². The second kappa shape index (κ2) is 5.60. The average molecular weight is 193 g/mol. The van der Waals surface area contributed by atoms with Crippen LogP contribution in [0.4, 0.5) is 5.82 Å². The molecule has 0 amide bonds. The van der Waals surface area contributed by atoms with Crippen LogP contribution in [0.5, 0.6) is 0 Å². The van der Waals surface area contributed by atoms with Crippen LogP contribution in [-0.4, -0.2) is 23.5 Å². The molecular formula is C11H19N3. The van der Waals surface area contributed by atoms with Crippen LogP contribution in [0.1, 0.15) is 25.3 Å². The van der Waals surface area contributed by atoms with Crippen LogP contribution in [-0.2, 0) is 6.54 Å². The normalized spacial score (nSPS) is 10.8. The van der Waals surface area contributed by atoms with Crippen LogP contribution >= 0.6 is 0 Å². The average Bonchev–Trinajstić information content (AvgIpc) is 2.18. The standard InChI is InChI=1S/C11H19N3/c1-3-4-8-14(2)9-10-6-5-7-13-11(10)12/h5-7H,3-4,8-9H2,1-2H3,(H2,12,13). The SMILES string of the molecule is CCCCN(C)Cc1cccnc1N. The maximum Gasteiger partial charge on any atom is 0.127 e. The lowest BCUT2D eigenvalue weighted by Crippen LogP contribution is -2.19. The van der Waals surface area contributed by atoms with Gasteiger partial charge in [-0.15, -0.1) is 0 Å². The first-order valence-electron chi connectivity index (χ1n) is 5.12. The zero-order chi connectivity index (χ0) is 10.4. The molecule has 3 heteroatoms. The number of hydrogen-bond donors (Lipinski definition) is 1. The van der Waals surface area contributed by atoms with Gasteiger partial charge in [0.2, 0.25) is 0 Å². The monoisotopic (exact) mass is 193 g/mol. The molecule has 78 valence electrons. The Morgan fingerprint density at radius 2 is 2.29 bits per heavy atom. The molecule has 0 fully saturated rings. The Hall–Kier alpha value is -1.09. The highest BCUT2D eigenvalue weighted by Gasteiger charge is 2.02. The van der Waals surface area contributed by atoms with Crippen LogP contribution < -0.4 is 5.73 Å². The summed E-state index contributed by atoms with van der Waals surface area (Å²) >= 11 is 0. The van der Waals surface area contributed by atoms with Gasteiger partial charge >= 0.3 is 0 Å². The number of rotatable bonds is 5. The van der Waals surface area contributed by atoms with E-state index in [0.29, 0.717) is 5.82 Å². The fourth-order valence-electron chi connectivity index (χ4n) is 1.38. The maximum atomic E-state index is 5.76. The number of unbranched alkanes of at least 4 members (excludes halogenated alkanes) is 1. The Balaban J connectivity index is 2.47. The Morgan fingerprint density at radius 3 is 2.93 bits per heavy atom. The van der Waals surface area contributed by atoms with Gasteiger partial charge in [-0.25, -0.2) is 4.98 Å². The number of aromatic nitrogens is 1. The van der Waals surface area contributed by atoms with Gasteiger partial charge in [-0.3, -0.25) is 0 Å². The van der Waals surface area contributed by atoms with Gasteiger partial charge in [0.15, 0.2) is 0 Å². The lowest BCUT2D eigenvalue weighted by Gasteiger charge is -2.16. The molecule has 0 aliphatic heterocycles. The molecule has 1 heterocycles. The summed E-state index contributed by atoms with van der Waals surface area (Å²) in [6.45, 7) is 4.21. The minimum atomic E-state index is 0.649. The molecule has 2 N–H and O–H groups in total. The summed E-state index contributed by atoms with van der Waals surface area (Å²) < 4.78 is 0. The summed E-state index contributed by atoms with van der Waals surface area (Å²) in [4.78, 5) is 6.34. The number of hydrogen-bond acceptors (Lipinski definition) is 3.